The normalized spacial score (nSPS) is 20.5. The number of amides is 1. The van der Waals surface area contributed by atoms with Crippen LogP contribution in [-0.2, 0) is 4.79 Å². The molecular weight excluding hydrogens is 246 g/mol. The molecule has 0 unspecified atom stereocenters. The molecule has 4 heteroatoms. The van der Waals surface area contributed by atoms with Gasteiger partial charge in [-0.3, -0.25) is 4.79 Å². The molecule has 1 saturated heterocycles. The van der Waals surface area contributed by atoms with E-state index in [-0.39, 0.29) is 5.91 Å². The molecule has 1 fully saturated rings. The third-order valence-electron chi connectivity index (χ3n) is 2.48. The van der Waals surface area contributed by atoms with E-state index in [1.165, 1.54) is 0 Å². The van der Waals surface area contributed by atoms with Crippen molar-refractivity contribution in [2.45, 2.75) is 43.5 Å². The lowest BCUT2D eigenvalue weighted by atomic mass is 9.88. The highest BCUT2D eigenvalue weighted by Gasteiger charge is 2.45. The molecule has 0 bridgehead atoms. The van der Waals surface area contributed by atoms with Gasteiger partial charge >= 0.3 is 0 Å². The van der Waals surface area contributed by atoms with Gasteiger partial charge in [0.1, 0.15) is 0 Å². The lowest BCUT2D eigenvalue weighted by Crippen LogP contribution is -2.65. The summed E-state index contributed by atoms with van der Waals surface area (Å²) < 4.78 is -0.513. The van der Waals surface area contributed by atoms with Crippen LogP contribution in [0.4, 0.5) is 0 Å². The summed E-state index contributed by atoms with van der Waals surface area (Å²) in [4.78, 5) is 13.4. The summed E-state index contributed by atoms with van der Waals surface area (Å²) in [5.74, 6) is 0.0540. The fourth-order valence-corrected chi connectivity index (χ4v) is 2.06. The van der Waals surface area contributed by atoms with Crippen molar-refractivity contribution in [3.63, 3.8) is 0 Å². The molecule has 0 aromatic carbocycles. The van der Waals surface area contributed by atoms with Gasteiger partial charge in [0.25, 0.3) is 0 Å². The average molecular weight is 264 g/mol. The molecule has 1 aliphatic heterocycles. The van der Waals surface area contributed by atoms with Gasteiger partial charge in [-0.15, -0.1) is 0 Å². The second kappa shape index (κ2) is 3.81. The Hall–Kier alpha value is -0.0900. The zero-order valence-corrected chi connectivity index (χ0v) is 10.6. The van der Waals surface area contributed by atoms with Crippen molar-refractivity contribution in [2.75, 3.05) is 13.1 Å². The van der Waals surface area contributed by atoms with Crippen LogP contribution >= 0.6 is 15.9 Å². The van der Waals surface area contributed by atoms with E-state index in [1.807, 2.05) is 20.8 Å². The van der Waals surface area contributed by atoms with Crippen LogP contribution in [0.25, 0.3) is 0 Å². The molecular formula is C10H18BrNO2. The Morgan fingerprint density at radius 1 is 1.57 bits per heavy atom. The van der Waals surface area contributed by atoms with Crippen molar-refractivity contribution in [1.82, 2.24) is 4.90 Å². The molecule has 1 amide bonds. The van der Waals surface area contributed by atoms with Crippen LogP contribution in [-0.4, -0.2) is 38.9 Å². The van der Waals surface area contributed by atoms with Crippen molar-refractivity contribution in [3.05, 3.63) is 0 Å². The van der Waals surface area contributed by atoms with E-state index in [4.69, 9.17) is 0 Å². The van der Waals surface area contributed by atoms with Crippen molar-refractivity contribution < 1.29 is 9.90 Å². The van der Waals surface area contributed by atoms with Crippen molar-refractivity contribution >= 4 is 21.8 Å². The first kappa shape index (κ1) is 12.0. The van der Waals surface area contributed by atoms with Gasteiger partial charge in [0.15, 0.2) is 0 Å². The van der Waals surface area contributed by atoms with Crippen LogP contribution in [0.2, 0.25) is 0 Å². The highest BCUT2D eigenvalue weighted by molar-refractivity contribution is 9.10. The molecule has 82 valence electrons. The topological polar surface area (TPSA) is 40.5 Å². The number of hydrogen-bond acceptors (Lipinski definition) is 2. The minimum Gasteiger partial charge on any atom is -0.386 e. The molecule has 14 heavy (non-hydrogen) atoms. The van der Waals surface area contributed by atoms with E-state index in [9.17, 15) is 9.90 Å². The zero-order valence-electron chi connectivity index (χ0n) is 9.01. The Labute approximate surface area is 93.6 Å². The maximum absolute atomic E-state index is 11.7. The Morgan fingerprint density at radius 3 is 2.43 bits per heavy atom. The number of carbonyl (C=O) groups excluding carboxylic acids is 1. The monoisotopic (exact) mass is 263 g/mol. The van der Waals surface area contributed by atoms with Gasteiger partial charge < -0.3 is 10.0 Å². The van der Waals surface area contributed by atoms with Gasteiger partial charge in [0, 0.05) is 0 Å². The summed E-state index contributed by atoms with van der Waals surface area (Å²) in [5.41, 5.74) is -0.622. The maximum Gasteiger partial charge on any atom is 0.239 e. The number of halogens is 1. The smallest absolute Gasteiger partial charge is 0.239 e. The minimum atomic E-state index is -0.622. The van der Waals surface area contributed by atoms with Crippen LogP contribution < -0.4 is 0 Å². The Balaban J connectivity index is 2.45. The van der Waals surface area contributed by atoms with Crippen LogP contribution in [0.3, 0.4) is 0 Å². The van der Waals surface area contributed by atoms with Gasteiger partial charge in [0.2, 0.25) is 5.91 Å². The molecule has 3 nitrogen and oxygen atoms in total. The molecule has 1 N–H and O–H groups in total. The molecule has 0 aromatic heterocycles. The summed E-state index contributed by atoms with van der Waals surface area (Å²) in [7, 11) is 0. The summed E-state index contributed by atoms with van der Waals surface area (Å²) in [6, 6.07) is 0. The van der Waals surface area contributed by atoms with E-state index in [0.717, 1.165) is 12.8 Å². The molecule has 0 aliphatic carbocycles. The van der Waals surface area contributed by atoms with E-state index >= 15 is 0 Å². The van der Waals surface area contributed by atoms with E-state index in [1.54, 1.807) is 4.90 Å². The maximum atomic E-state index is 11.7. The fourth-order valence-electron chi connectivity index (χ4n) is 1.81. The van der Waals surface area contributed by atoms with Gasteiger partial charge in [-0.05, 0) is 20.3 Å². The largest absolute Gasteiger partial charge is 0.386 e. The number of β-amino-alcohol motifs (C(OH)–C–C–N with tert-alkyl or cyclic N) is 1. The average Bonchev–Trinajstić information content (AvgIpc) is 1.97. The molecule has 1 aliphatic rings. The van der Waals surface area contributed by atoms with Crippen LogP contribution in [0, 0.1) is 0 Å². The van der Waals surface area contributed by atoms with E-state index in [0.29, 0.717) is 13.1 Å². The van der Waals surface area contributed by atoms with Crippen LogP contribution in [0.5, 0.6) is 0 Å². The van der Waals surface area contributed by atoms with Gasteiger partial charge in [-0.1, -0.05) is 29.3 Å². The fraction of sp³-hybridized carbons (Fsp3) is 0.900. The predicted octanol–water partition coefficient (Wildman–Crippen LogP) is 1.53. The number of nitrogens with zero attached hydrogens (tertiary/aromatic N) is 1. The van der Waals surface area contributed by atoms with Crippen molar-refractivity contribution in [1.29, 1.82) is 0 Å². The quantitative estimate of drug-likeness (QED) is 0.785. The number of likely N-dealkylation sites (tertiary alicyclic amines) is 1. The molecule has 0 saturated carbocycles. The number of carbonyl (C=O) groups is 1. The Bertz CT molecular complexity index is 229. The van der Waals surface area contributed by atoms with Crippen LogP contribution in [0.15, 0.2) is 0 Å². The van der Waals surface area contributed by atoms with Crippen molar-refractivity contribution in [2.24, 2.45) is 0 Å². The second-order valence-electron chi connectivity index (χ2n) is 4.61. The third kappa shape index (κ3) is 2.48. The third-order valence-corrected chi connectivity index (χ3v) is 2.82. The second-order valence-corrected chi connectivity index (χ2v) is 6.59. The highest BCUT2D eigenvalue weighted by atomic mass is 79.9. The van der Waals surface area contributed by atoms with E-state index < -0.39 is 9.93 Å². The molecule has 0 radical (unpaired) electrons. The first-order valence-corrected chi connectivity index (χ1v) is 5.78. The van der Waals surface area contributed by atoms with Crippen molar-refractivity contribution in [3.8, 4) is 0 Å². The summed E-state index contributed by atoms with van der Waals surface area (Å²) in [5, 5.41) is 9.89. The first-order valence-electron chi connectivity index (χ1n) is 4.99. The summed E-state index contributed by atoms with van der Waals surface area (Å²) >= 11 is 3.32. The van der Waals surface area contributed by atoms with Gasteiger partial charge in [-0.2, -0.15) is 0 Å². The minimum absolute atomic E-state index is 0.0540. The van der Waals surface area contributed by atoms with E-state index in [2.05, 4.69) is 15.9 Å². The standard InChI is InChI=1S/C10H18BrNO2/c1-4-5-10(14)6-12(7-10)8(13)9(2,3)11/h14H,4-7H2,1-3H3. The number of rotatable bonds is 3. The van der Waals surface area contributed by atoms with Gasteiger partial charge in [-0.25, -0.2) is 0 Å². The number of alkyl halides is 1. The molecule has 0 spiro atoms. The SMILES string of the molecule is CCCC1(O)CN(C(=O)C(C)(C)Br)C1. The molecule has 1 heterocycles. The first-order chi connectivity index (χ1) is 6.28. The van der Waals surface area contributed by atoms with Gasteiger partial charge in [0.05, 0.1) is 23.0 Å². The Kier molecular flexibility index (Phi) is 3.26. The Morgan fingerprint density at radius 2 is 2.07 bits per heavy atom. The summed E-state index contributed by atoms with van der Waals surface area (Å²) in [6.07, 6.45) is 1.73. The predicted molar refractivity (Wildman–Crippen MR) is 59.4 cm³/mol. The van der Waals surface area contributed by atoms with Crippen LogP contribution in [0.1, 0.15) is 33.6 Å². The summed E-state index contributed by atoms with van der Waals surface area (Å²) in [6.45, 7) is 6.65. The lowest BCUT2D eigenvalue weighted by Gasteiger charge is -2.48. The number of aliphatic hydroxyl groups is 1. The highest BCUT2D eigenvalue weighted by Crippen LogP contribution is 2.30. The molecule has 1 rings (SSSR count). The molecule has 0 aromatic rings. The molecule has 0 atom stereocenters. The lowest BCUT2D eigenvalue weighted by molar-refractivity contribution is -0.158. The number of hydrogen-bond donors (Lipinski definition) is 1. The zero-order chi connectivity index (χ0) is 11.0.